The summed E-state index contributed by atoms with van der Waals surface area (Å²) in [7, 11) is 0. The molecule has 2 aromatic carbocycles. The van der Waals surface area contributed by atoms with Crippen molar-refractivity contribution in [2.45, 2.75) is 71.8 Å². The van der Waals surface area contributed by atoms with Crippen molar-refractivity contribution in [2.75, 3.05) is 19.8 Å². The van der Waals surface area contributed by atoms with Gasteiger partial charge in [-0.1, -0.05) is 45.0 Å². The SMILES string of the molecule is CCOC(=O)C(Cc1ccc(OCC(F)COc2cccc(C(C)(C)C)c2)cc1)OC(C)C. The van der Waals surface area contributed by atoms with Gasteiger partial charge in [-0.05, 0) is 61.6 Å². The van der Waals surface area contributed by atoms with E-state index in [4.69, 9.17) is 18.9 Å². The second-order valence-electron chi connectivity index (χ2n) is 9.27. The van der Waals surface area contributed by atoms with Crippen LogP contribution in [0.25, 0.3) is 0 Å². The lowest BCUT2D eigenvalue weighted by molar-refractivity contribution is -0.159. The Morgan fingerprint density at radius 1 is 0.970 bits per heavy atom. The number of carbonyl (C=O) groups is 1. The zero-order valence-electron chi connectivity index (χ0n) is 20.6. The summed E-state index contributed by atoms with van der Waals surface area (Å²) in [6.07, 6.45) is -1.64. The lowest BCUT2D eigenvalue weighted by Crippen LogP contribution is -2.31. The molecule has 0 radical (unpaired) electrons. The second-order valence-corrected chi connectivity index (χ2v) is 9.27. The molecule has 2 atom stereocenters. The quantitative estimate of drug-likeness (QED) is 0.382. The van der Waals surface area contributed by atoms with E-state index in [0.29, 0.717) is 24.5 Å². The molecule has 0 heterocycles. The van der Waals surface area contributed by atoms with Crippen LogP contribution >= 0.6 is 0 Å². The topological polar surface area (TPSA) is 54.0 Å². The van der Waals surface area contributed by atoms with E-state index in [0.717, 1.165) is 11.1 Å². The minimum Gasteiger partial charge on any atom is -0.490 e. The van der Waals surface area contributed by atoms with E-state index in [9.17, 15) is 9.18 Å². The molecule has 2 unspecified atom stereocenters. The molecule has 0 aliphatic heterocycles. The summed E-state index contributed by atoms with van der Waals surface area (Å²) in [6, 6.07) is 14.9. The number of halogens is 1. The van der Waals surface area contributed by atoms with E-state index in [1.54, 1.807) is 19.1 Å². The van der Waals surface area contributed by atoms with Gasteiger partial charge in [0.1, 0.15) is 24.7 Å². The third-order valence-electron chi connectivity index (χ3n) is 4.89. The minimum atomic E-state index is -1.27. The van der Waals surface area contributed by atoms with Crippen LogP contribution in [0.4, 0.5) is 4.39 Å². The van der Waals surface area contributed by atoms with Crippen LogP contribution in [0.2, 0.25) is 0 Å². The highest BCUT2D eigenvalue weighted by Gasteiger charge is 2.22. The van der Waals surface area contributed by atoms with Crippen molar-refractivity contribution in [2.24, 2.45) is 0 Å². The van der Waals surface area contributed by atoms with Crippen LogP contribution in [-0.2, 0) is 26.1 Å². The molecule has 0 bridgehead atoms. The predicted octanol–water partition coefficient (Wildman–Crippen LogP) is 5.68. The molecule has 182 valence electrons. The van der Waals surface area contributed by atoms with Crippen LogP contribution in [0.3, 0.4) is 0 Å². The zero-order chi connectivity index (χ0) is 24.4. The average molecular weight is 461 g/mol. The molecule has 0 saturated carbocycles. The number of hydrogen-bond donors (Lipinski definition) is 0. The normalized spacial score (nSPS) is 13.5. The van der Waals surface area contributed by atoms with E-state index in [2.05, 4.69) is 20.8 Å². The highest BCUT2D eigenvalue weighted by atomic mass is 19.1. The number of rotatable bonds is 12. The zero-order valence-corrected chi connectivity index (χ0v) is 20.6. The fraction of sp³-hybridized carbons (Fsp3) is 0.519. The van der Waals surface area contributed by atoms with Crippen molar-refractivity contribution >= 4 is 5.97 Å². The van der Waals surface area contributed by atoms with Gasteiger partial charge < -0.3 is 18.9 Å². The molecule has 0 amide bonds. The van der Waals surface area contributed by atoms with Gasteiger partial charge >= 0.3 is 5.97 Å². The van der Waals surface area contributed by atoms with Gasteiger partial charge in [0.2, 0.25) is 0 Å². The molecule has 2 rings (SSSR count). The van der Waals surface area contributed by atoms with E-state index >= 15 is 0 Å². The van der Waals surface area contributed by atoms with E-state index in [1.165, 1.54) is 0 Å². The van der Waals surface area contributed by atoms with Gasteiger partial charge in [-0.25, -0.2) is 9.18 Å². The van der Waals surface area contributed by atoms with Gasteiger partial charge in [-0.15, -0.1) is 0 Å². The highest BCUT2D eigenvalue weighted by molar-refractivity contribution is 5.75. The van der Waals surface area contributed by atoms with Gasteiger partial charge in [0.05, 0.1) is 12.7 Å². The molecule has 0 aliphatic rings. The average Bonchev–Trinajstić information content (AvgIpc) is 2.76. The smallest absolute Gasteiger partial charge is 0.335 e. The molecule has 5 nitrogen and oxygen atoms in total. The van der Waals surface area contributed by atoms with Crippen LogP contribution in [0.1, 0.15) is 52.7 Å². The summed E-state index contributed by atoms with van der Waals surface area (Å²) in [5, 5.41) is 0. The summed E-state index contributed by atoms with van der Waals surface area (Å²) < 4.78 is 36.3. The first kappa shape index (κ1) is 26.7. The van der Waals surface area contributed by atoms with E-state index in [-0.39, 0.29) is 30.7 Å². The molecule has 0 aliphatic carbocycles. The van der Waals surface area contributed by atoms with E-state index < -0.39 is 12.3 Å². The fourth-order valence-corrected chi connectivity index (χ4v) is 3.16. The van der Waals surface area contributed by atoms with Crippen molar-refractivity contribution in [1.82, 2.24) is 0 Å². The lowest BCUT2D eigenvalue weighted by atomic mass is 9.87. The molecule has 0 fully saturated rings. The molecular weight excluding hydrogens is 423 g/mol. The van der Waals surface area contributed by atoms with Crippen LogP contribution in [-0.4, -0.2) is 44.2 Å². The molecule has 0 saturated heterocycles. The van der Waals surface area contributed by atoms with Crippen LogP contribution < -0.4 is 9.47 Å². The number of esters is 1. The maximum atomic E-state index is 14.3. The summed E-state index contributed by atoms with van der Waals surface area (Å²) in [5.74, 6) is 0.822. The third kappa shape index (κ3) is 9.42. The maximum absolute atomic E-state index is 14.3. The summed E-state index contributed by atoms with van der Waals surface area (Å²) in [4.78, 5) is 12.1. The number of ether oxygens (including phenoxy) is 4. The van der Waals surface area contributed by atoms with Crippen LogP contribution in [0.15, 0.2) is 48.5 Å². The molecule has 0 spiro atoms. The van der Waals surface area contributed by atoms with Gasteiger partial charge in [-0.2, -0.15) is 0 Å². The van der Waals surface area contributed by atoms with Crippen molar-refractivity contribution < 1.29 is 28.1 Å². The van der Waals surface area contributed by atoms with Gasteiger partial charge in [-0.3, -0.25) is 0 Å². The molecule has 33 heavy (non-hydrogen) atoms. The number of alkyl halides is 1. The molecule has 2 aromatic rings. The first-order valence-electron chi connectivity index (χ1n) is 11.5. The summed E-state index contributed by atoms with van der Waals surface area (Å²) in [5.41, 5.74) is 2.04. The first-order valence-corrected chi connectivity index (χ1v) is 11.5. The standard InChI is InChI=1S/C27H37FO5/c1-7-30-26(29)25(33-19(2)3)15-20-11-13-23(14-12-20)31-17-22(28)18-32-24-10-8-9-21(16-24)27(4,5)6/h8-14,16,19,22,25H,7,15,17-18H2,1-6H3. The largest absolute Gasteiger partial charge is 0.490 e. The number of carbonyl (C=O) groups excluding carboxylic acids is 1. The Bertz CT molecular complexity index is 858. The van der Waals surface area contributed by atoms with E-state index in [1.807, 2.05) is 50.2 Å². The van der Waals surface area contributed by atoms with Crippen molar-refractivity contribution in [1.29, 1.82) is 0 Å². The van der Waals surface area contributed by atoms with Crippen molar-refractivity contribution in [3.63, 3.8) is 0 Å². The monoisotopic (exact) mass is 460 g/mol. The Kier molecular flexibility index (Phi) is 10.2. The number of hydrogen-bond acceptors (Lipinski definition) is 5. The number of benzene rings is 2. The van der Waals surface area contributed by atoms with Crippen LogP contribution in [0, 0.1) is 0 Å². The fourth-order valence-electron chi connectivity index (χ4n) is 3.16. The van der Waals surface area contributed by atoms with Crippen LogP contribution in [0.5, 0.6) is 11.5 Å². The Hall–Kier alpha value is -2.60. The lowest BCUT2D eigenvalue weighted by Gasteiger charge is -2.20. The summed E-state index contributed by atoms with van der Waals surface area (Å²) >= 11 is 0. The molecular formula is C27H37FO5. The Morgan fingerprint density at radius 2 is 1.61 bits per heavy atom. The third-order valence-corrected chi connectivity index (χ3v) is 4.89. The highest BCUT2D eigenvalue weighted by Crippen LogP contribution is 2.25. The maximum Gasteiger partial charge on any atom is 0.335 e. The Labute approximate surface area is 197 Å². The molecule has 0 aromatic heterocycles. The second kappa shape index (κ2) is 12.6. The van der Waals surface area contributed by atoms with Gasteiger partial charge in [0, 0.05) is 6.42 Å². The molecule has 6 heteroatoms. The summed E-state index contributed by atoms with van der Waals surface area (Å²) in [6.45, 7) is 12.0. The predicted molar refractivity (Wildman–Crippen MR) is 128 cm³/mol. The minimum absolute atomic E-state index is 0.000995. The van der Waals surface area contributed by atoms with Crippen molar-refractivity contribution in [3.05, 3.63) is 59.7 Å². The van der Waals surface area contributed by atoms with Gasteiger partial charge in [0.25, 0.3) is 0 Å². The molecule has 0 N–H and O–H groups in total. The Balaban J connectivity index is 1.84. The Morgan fingerprint density at radius 3 is 2.18 bits per heavy atom. The van der Waals surface area contributed by atoms with Crippen molar-refractivity contribution in [3.8, 4) is 11.5 Å². The first-order chi connectivity index (χ1) is 15.6. The van der Waals surface area contributed by atoms with Gasteiger partial charge in [0.15, 0.2) is 12.3 Å².